The molecule has 0 saturated carbocycles. The molecule has 0 spiro atoms. The van der Waals surface area contributed by atoms with Crippen molar-refractivity contribution in [2.75, 3.05) is 17.2 Å². The summed E-state index contributed by atoms with van der Waals surface area (Å²) in [4.78, 5) is 35.9. The highest BCUT2D eigenvalue weighted by Crippen LogP contribution is 2.16. The van der Waals surface area contributed by atoms with E-state index in [-0.39, 0.29) is 18.9 Å². The molecule has 2 aromatic rings. The lowest BCUT2D eigenvalue weighted by Crippen LogP contribution is -2.37. The fraction of sp³-hybridized carbons (Fsp3) is 0.286. The Morgan fingerprint density at radius 3 is 2.17 bits per heavy atom. The van der Waals surface area contributed by atoms with Gasteiger partial charge in [-0.3, -0.25) is 9.59 Å². The number of anilines is 2. The number of ether oxygens (including phenoxy) is 1. The van der Waals surface area contributed by atoms with E-state index in [9.17, 15) is 14.4 Å². The Kier molecular flexibility index (Phi) is 7.78. The molecule has 0 aromatic heterocycles. The minimum atomic E-state index is -0.666. The van der Waals surface area contributed by atoms with Crippen LogP contribution in [0.4, 0.5) is 16.2 Å². The Morgan fingerprint density at radius 1 is 0.931 bits per heavy atom. The van der Waals surface area contributed by atoms with Gasteiger partial charge in [0.15, 0.2) is 0 Å². The molecule has 7 nitrogen and oxygen atoms in total. The zero-order valence-corrected chi connectivity index (χ0v) is 18.1. The fourth-order valence-electron chi connectivity index (χ4n) is 2.38. The topological polar surface area (TPSA) is 96.5 Å². The minimum Gasteiger partial charge on any atom is -0.444 e. The van der Waals surface area contributed by atoms with E-state index in [0.717, 1.165) is 10.0 Å². The normalized spacial score (nSPS) is 10.8. The van der Waals surface area contributed by atoms with Gasteiger partial charge in [0.25, 0.3) is 0 Å². The minimum absolute atomic E-state index is 0.168. The van der Waals surface area contributed by atoms with E-state index in [2.05, 4.69) is 31.9 Å². The smallest absolute Gasteiger partial charge is 0.408 e. The number of hydrogen-bond acceptors (Lipinski definition) is 4. The molecule has 3 N–H and O–H groups in total. The first-order valence-corrected chi connectivity index (χ1v) is 9.81. The van der Waals surface area contributed by atoms with Crippen LogP contribution in [0.5, 0.6) is 0 Å². The molecule has 0 aliphatic rings. The lowest BCUT2D eigenvalue weighted by Gasteiger charge is -2.19. The Labute approximate surface area is 178 Å². The maximum absolute atomic E-state index is 12.2. The second-order valence-corrected chi connectivity index (χ2v) is 8.25. The van der Waals surface area contributed by atoms with E-state index in [0.29, 0.717) is 11.4 Å². The van der Waals surface area contributed by atoms with E-state index < -0.39 is 17.6 Å². The summed E-state index contributed by atoms with van der Waals surface area (Å²) in [6.07, 6.45) is -0.434. The van der Waals surface area contributed by atoms with E-state index >= 15 is 0 Å². The molecule has 0 radical (unpaired) electrons. The second kappa shape index (κ2) is 10.1. The monoisotopic (exact) mass is 461 g/mol. The van der Waals surface area contributed by atoms with Crippen LogP contribution in [0.25, 0.3) is 0 Å². The summed E-state index contributed by atoms with van der Waals surface area (Å²) in [6, 6.07) is 14.3. The largest absolute Gasteiger partial charge is 0.444 e. The molecule has 2 aromatic carbocycles. The van der Waals surface area contributed by atoms with Gasteiger partial charge in [-0.25, -0.2) is 4.79 Å². The summed E-state index contributed by atoms with van der Waals surface area (Å²) in [6.45, 7) is 4.99. The SMILES string of the molecule is CC(C)(C)OC(=O)NCC(=O)Nc1cccc(NC(=O)Cc2cccc(Br)c2)c1. The van der Waals surface area contributed by atoms with Crippen LogP contribution in [0.3, 0.4) is 0 Å². The molecule has 3 amide bonds. The van der Waals surface area contributed by atoms with Crippen molar-refractivity contribution >= 4 is 45.2 Å². The molecular formula is C21H24BrN3O4. The quantitative estimate of drug-likeness (QED) is 0.603. The Balaban J connectivity index is 1.86. The predicted octanol–water partition coefficient (Wildman–Crippen LogP) is 4.09. The van der Waals surface area contributed by atoms with Crippen LogP contribution in [0.1, 0.15) is 26.3 Å². The van der Waals surface area contributed by atoms with E-state index in [4.69, 9.17) is 4.74 Å². The van der Waals surface area contributed by atoms with Crippen LogP contribution < -0.4 is 16.0 Å². The predicted molar refractivity (Wildman–Crippen MR) is 116 cm³/mol. The molecule has 2 rings (SSSR count). The van der Waals surface area contributed by atoms with Crippen molar-refractivity contribution in [1.29, 1.82) is 0 Å². The van der Waals surface area contributed by atoms with Gasteiger partial charge in [0.05, 0.1) is 6.42 Å². The number of rotatable bonds is 6. The summed E-state index contributed by atoms with van der Waals surface area (Å²) >= 11 is 3.38. The zero-order chi connectivity index (χ0) is 21.4. The number of benzene rings is 2. The van der Waals surface area contributed by atoms with Gasteiger partial charge in [0, 0.05) is 15.8 Å². The summed E-state index contributed by atoms with van der Waals surface area (Å²) in [5.74, 6) is -0.577. The van der Waals surface area contributed by atoms with Crippen molar-refractivity contribution in [3.05, 3.63) is 58.6 Å². The van der Waals surface area contributed by atoms with Crippen LogP contribution in [0, 0.1) is 0 Å². The van der Waals surface area contributed by atoms with Crippen molar-refractivity contribution in [1.82, 2.24) is 5.32 Å². The molecule has 0 fully saturated rings. The number of halogens is 1. The molecule has 0 saturated heterocycles. The van der Waals surface area contributed by atoms with E-state index in [1.54, 1.807) is 45.0 Å². The lowest BCUT2D eigenvalue weighted by molar-refractivity contribution is -0.116. The summed E-state index contributed by atoms with van der Waals surface area (Å²) in [5.41, 5.74) is 1.31. The van der Waals surface area contributed by atoms with Gasteiger partial charge >= 0.3 is 6.09 Å². The van der Waals surface area contributed by atoms with Crippen molar-refractivity contribution in [2.24, 2.45) is 0 Å². The molecular weight excluding hydrogens is 438 g/mol. The maximum atomic E-state index is 12.2. The van der Waals surface area contributed by atoms with Gasteiger partial charge in [-0.15, -0.1) is 0 Å². The first-order chi connectivity index (χ1) is 13.6. The molecule has 154 valence electrons. The van der Waals surface area contributed by atoms with Gasteiger partial charge < -0.3 is 20.7 Å². The standard InChI is InChI=1S/C21H24BrN3O4/c1-21(2,3)29-20(28)23-13-19(27)25-17-9-5-8-16(12-17)24-18(26)11-14-6-4-7-15(22)10-14/h4-10,12H,11,13H2,1-3H3,(H,23,28)(H,24,26)(H,25,27). The number of hydrogen-bond donors (Lipinski definition) is 3. The molecule has 0 aliphatic carbocycles. The van der Waals surface area contributed by atoms with Gasteiger partial charge in [-0.1, -0.05) is 34.1 Å². The Bertz CT molecular complexity index is 893. The molecule has 0 aliphatic heterocycles. The highest BCUT2D eigenvalue weighted by atomic mass is 79.9. The number of amides is 3. The van der Waals surface area contributed by atoms with Crippen molar-refractivity contribution in [2.45, 2.75) is 32.8 Å². The van der Waals surface area contributed by atoms with E-state index in [1.165, 1.54) is 0 Å². The molecule has 8 heteroatoms. The summed E-state index contributed by atoms with van der Waals surface area (Å²) in [5, 5.41) is 7.86. The van der Waals surface area contributed by atoms with Crippen LogP contribution in [-0.4, -0.2) is 30.1 Å². The summed E-state index contributed by atoms with van der Waals surface area (Å²) in [7, 11) is 0. The van der Waals surface area contributed by atoms with Crippen molar-refractivity contribution in [3.8, 4) is 0 Å². The third kappa shape index (κ3) is 8.78. The van der Waals surface area contributed by atoms with Gasteiger partial charge in [-0.2, -0.15) is 0 Å². The zero-order valence-electron chi connectivity index (χ0n) is 16.5. The third-order valence-electron chi connectivity index (χ3n) is 3.48. The molecule has 0 heterocycles. The highest BCUT2D eigenvalue weighted by Gasteiger charge is 2.16. The Hall–Kier alpha value is -2.87. The first-order valence-electron chi connectivity index (χ1n) is 9.02. The Morgan fingerprint density at radius 2 is 1.55 bits per heavy atom. The lowest BCUT2D eigenvalue weighted by atomic mass is 10.1. The number of carbonyl (C=O) groups is 3. The van der Waals surface area contributed by atoms with Gasteiger partial charge in [0.1, 0.15) is 12.1 Å². The highest BCUT2D eigenvalue weighted by molar-refractivity contribution is 9.10. The van der Waals surface area contributed by atoms with Gasteiger partial charge in [0.2, 0.25) is 11.8 Å². The van der Waals surface area contributed by atoms with Gasteiger partial charge in [-0.05, 0) is 56.7 Å². The number of nitrogens with one attached hydrogen (secondary N) is 3. The average molecular weight is 462 g/mol. The van der Waals surface area contributed by atoms with Crippen LogP contribution in [-0.2, 0) is 20.7 Å². The second-order valence-electron chi connectivity index (χ2n) is 7.34. The van der Waals surface area contributed by atoms with Crippen LogP contribution >= 0.6 is 15.9 Å². The average Bonchev–Trinajstić information content (AvgIpc) is 2.59. The molecule has 0 bridgehead atoms. The molecule has 0 atom stereocenters. The van der Waals surface area contributed by atoms with Crippen LogP contribution in [0.2, 0.25) is 0 Å². The van der Waals surface area contributed by atoms with Crippen molar-refractivity contribution < 1.29 is 19.1 Å². The maximum Gasteiger partial charge on any atom is 0.408 e. The first kappa shape index (κ1) is 22.4. The molecule has 29 heavy (non-hydrogen) atoms. The van der Waals surface area contributed by atoms with Crippen molar-refractivity contribution in [3.63, 3.8) is 0 Å². The number of alkyl carbamates (subject to hydrolysis) is 1. The fourth-order valence-corrected chi connectivity index (χ4v) is 2.83. The molecule has 0 unspecified atom stereocenters. The van der Waals surface area contributed by atoms with E-state index in [1.807, 2.05) is 24.3 Å². The number of carbonyl (C=O) groups excluding carboxylic acids is 3. The summed E-state index contributed by atoms with van der Waals surface area (Å²) < 4.78 is 5.99. The third-order valence-corrected chi connectivity index (χ3v) is 3.97. The van der Waals surface area contributed by atoms with Crippen LogP contribution in [0.15, 0.2) is 53.0 Å².